The molecule has 2 heterocycles. The molecule has 1 aromatic carbocycles. The van der Waals surface area contributed by atoms with Gasteiger partial charge >= 0.3 is 0 Å². The fraction of sp³-hybridized carbons (Fsp3) is 0.0769. The number of pyridine rings is 1. The number of hydrogen-bond donors (Lipinski definition) is 0. The standard InChI is InChI=1S/C13H10N4O2/c18-17(19)11-6-13-12(14-7-11)8-15-16(13)9-10-4-2-1-3-5-10/h1-8H,9H2. The minimum Gasteiger partial charge on any atom is -0.259 e. The fourth-order valence-corrected chi connectivity index (χ4v) is 1.93. The van der Waals surface area contributed by atoms with E-state index in [4.69, 9.17) is 0 Å². The molecular formula is C13H10N4O2. The first-order chi connectivity index (χ1) is 9.24. The van der Waals surface area contributed by atoms with Gasteiger partial charge in [-0.3, -0.25) is 14.8 Å². The normalized spacial score (nSPS) is 10.7. The summed E-state index contributed by atoms with van der Waals surface area (Å²) in [5, 5.41) is 15.0. The Balaban J connectivity index is 2.04. The van der Waals surface area contributed by atoms with Gasteiger partial charge in [0.25, 0.3) is 5.69 Å². The lowest BCUT2D eigenvalue weighted by atomic mass is 10.2. The van der Waals surface area contributed by atoms with E-state index in [1.54, 1.807) is 10.9 Å². The van der Waals surface area contributed by atoms with Gasteiger partial charge in [-0.1, -0.05) is 30.3 Å². The van der Waals surface area contributed by atoms with Crippen molar-refractivity contribution in [3.05, 3.63) is 64.5 Å². The van der Waals surface area contributed by atoms with Crippen LogP contribution < -0.4 is 0 Å². The summed E-state index contributed by atoms with van der Waals surface area (Å²) in [6.45, 7) is 0.563. The molecule has 19 heavy (non-hydrogen) atoms. The molecule has 0 aliphatic heterocycles. The third-order valence-corrected chi connectivity index (χ3v) is 2.87. The average Bonchev–Trinajstić information content (AvgIpc) is 2.82. The summed E-state index contributed by atoms with van der Waals surface area (Å²) in [5.41, 5.74) is 2.38. The van der Waals surface area contributed by atoms with Gasteiger partial charge in [0.2, 0.25) is 0 Å². The Morgan fingerprint density at radius 3 is 2.74 bits per heavy atom. The van der Waals surface area contributed by atoms with E-state index >= 15 is 0 Å². The average molecular weight is 254 g/mol. The number of nitro groups is 1. The van der Waals surface area contributed by atoms with Crippen molar-refractivity contribution in [2.45, 2.75) is 6.54 Å². The van der Waals surface area contributed by atoms with Crippen LogP contribution in [0.25, 0.3) is 11.0 Å². The van der Waals surface area contributed by atoms with E-state index in [1.165, 1.54) is 12.3 Å². The second-order valence-corrected chi connectivity index (χ2v) is 4.14. The summed E-state index contributed by atoms with van der Waals surface area (Å²) in [6.07, 6.45) is 2.86. The minimum atomic E-state index is -0.452. The zero-order valence-electron chi connectivity index (χ0n) is 9.93. The Morgan fingerprint density at radius 2 is 2.00 bits per heavy atom. The molecule has 6 heteroatoms. The van der Waals surface area contributed by atoms with Crippen LogP contribution in [0.4, 0.5) is 5.69 Å². The van der Waals surface area contributed by atoms with E-state index in [2.05, 4.69) is 10.1 Å². The molecule has 6 nitrogen and oxygen atoms in total. The van der Waals surface area contributed by atoms with E-state index < -0.39 is 4.92 Å². The fourth-order valence-electron chi connectivity index (χ4n) is 1.93. The van der Waals surface area contributed by atoms with Gasteiger partial charge in [0.1, 0.15) is 11.7 Å². The van der Waals surface area contributed by atoms with Gasteiger partial charge in [0.15, 0.2) is 0 Å². The molecule has 0 radical (unpaired) electrons. The molecule has 0 amide bonds. The molecule has 0 aliphatic rings. The predicted molar refractivity (Wildman–Crippen MR) is 69.7 cm³/mol. The number of hydrogen-bond acceptors (Lipinski definition) is 4. The first-order valence-electron chi connectivity index (χ1n) is 5.74. The van der Waals surface area contributed by atoms with E-state index in [1.807, 2.05) is 30.3 Å². The molecule has 0 N–H and O–H groups in total. The van der Waals surface area contributed by atoms with Gasteiger partial charge in [0, 0.05) is 6.07 Å². The molecule has 0 unspecified atom stereocenters. The number of benzene rings is 1. The number of nitrogens with zero attached hydrogens (tertiary/aromatic N) is 4. The van der Waals surface area contributed by atoms with Gasteiger partial charge in [-0.15, -0.1) is 0 Å². The van der Waals surface area contributed by atoms with E-state index in [0.29, 0.717) is 17.6 Å². The molecule has 0 spiro atoms. The largest absolute Gasteiger partial charge is 0.289 e. The van der Waals surface area contributed by atoms with Crippen molar-refractivity contribution in [2.24, 2.45) is 0 Å². The van der Waals surface area contributed by atoms with Crippen LogP contribution in [0, 0.1) is 10.1 Å². The second-order valence-electron chi connectivity index (χ2n) is 4.14. The first-order valence-corrected chi connectivity index (χ1v) is 5.74. The van der Waals surface area contributed by atoms with E-state index in [0.717, 1.165) is 5.56 Å². The minimum absolute atomic E-state index is 0.0256. The van der Waals surface area contributed by atoms with Gasteiger partial charge in [0.05, 0.1) is 23.2 Å². The zero-order valence-corrected chi connectivity index (χ0v) is 9.93. The third kappa shape index (κ3) is 2.15. The smallest absolute Gasteiger partial charge is 0.259 e. The van der Waals surface area contributed by atoms with Crippen molar-refractivity contribution in [2.75, 3.05) is 0 Å². The quantitative estimate of drug-likeness (QED) is 0.531. The first kappa shape index (κ1) is 11.3. The second kappa shape index (κ2) is 4.49. The van der Waals surface area contributed by atoms with Crippen LogP contribution >= 0.6 is 0 Å². The van der Waals surface area contributed by atoms with Gasteiger partial charge in [-0.2, -0.15) is 5.10 Å². The Morgan fingerprint density at radius 1 is 1.21 bits per heavy atom. The highest BCUT2D eigenvalue weighted by Crippen LogP contribution is 2.18. The summed E-state index contributed by atoms with van der Waals surface area (Å²) >= 11 is 0. The Hall–Kier alpha value is -2.76. The zero-order chi connectivity index (χ0) is 13.2. The lowest BCUT2D eigenvalue weighted by Gasteiger charge is -2.03. The maximum absolute atomic E-state index is 10.8. The molecule has 3 aromatic rings. The molecule has 0 atom stereocenters. The molecule has 0 fully saturated rings. The van der Waals surface area contributed by atoms with Crippen LogP contribution in [-0.2, 0) is 6.54 Å². The van der Waals surface area contributed by atoms with Crippen LogP contribution in [0.5, 0.6) is 0 Å². The molecule has 3 rings (SSSR count). The Bertz CT molecular complexity index is 737. The molecule has 0 bridgehead atoms. The van der Waals surface area contributed by atoms with Crippen molar-refractivity contribution in [1.29, 1.82) is 0 Å². The van der Waals surface area contributed by atoms with Crippen LogP contribution in [0.1, 0.15) is 5.56 Å². The van der Waals surface area contributed by atoms with Crippen LogP contribution in [0.3, 0.4) is 0 Å². The third-order valence-electron chi connectivity index (χ3n) is 2.87. The van der Waals surface area contributed by atoms with E-state index in [-0.39, 0.29) is 5.69 Å². The van der Waals surface area contributed by atoms with Crippen molar-refractivity contribution in [3.63, 3.8) is 0 Å². The highest BCUT2D eigenvalue weighted by molar-refractivity contribution is 5.76. The summed E-state index contributed by atoms with van der Waals surface area (Å²) in [4.78, 5) is 14.4. The number of rotatable bonds is 3. The van der Waals surface area contributed by atoms with E-state index in [9.17, 15) is 10.1 Å². The summed E-state index contributed by atoms with van der Waals surface area (Å²) in [7, 11) is 0. The maximum Gasteiger partial charge on any atom is 0.289 e. The van der Waals surface area contributed by atoms with Gasteiger partial charge in [-0.05, 0) is 5.56 Å². The SMILES string of the molecule is O=[N+]([O-])c1cnc2cnn(Cc3ccccc3)c2c1. The van der Waals surface area contributed by atoms with Gasteiger partial charge in [-0.25, -0.2) is 4.98 Å². The molecule has 2 aromatic heterocycles. The molecule has 94 valence electrons. The van der Waals surface area contributed by atoms with Crippen molar-refractivity contribution < 1.29 is 4.92 Å². The summed E-state index contributed by atoms with van der Waals surface area (Å²) < 4.78 is 1.71. The van der Waals surface area contributed by atoms with Crippen molar-refractivity contribution in [3.8, 4) is 0 Å². The van der Waals surface area contributed by atoms with Gasteiger partial charge < -0.3 is 0 Å². The Kier molecular flexibility index (Phi) is 2.68. The summed E-state index contributed by atoms with van der Waals surface area (Å²) in [6, 6.07) is 11.3. The lowest BCUT2D eigenvalue weighted by molar-refractivity contribution is -0.385. The highest BCUT2D eigenvalue weighted by Gasteiger charge is 2.11. The monoisotopic (exact) mass is 254 g/mol. The maximum atomic E-state index is 10.8. The number of aromatic nitrogens is 3. The molecule has 0 saturated carbocycles. The topological polar surface area (TPSA) is 73.8 Å². The van der Waals surface area contributed by atoms with Crippen molar-refractivity contribution in [1.82, 2.24) is 14.8 Å². The highest BCUT2D eigenvalue weighted by atomic mass is 16.6. The van der Waals surface area contributed by atoms with Crippen LogP contribution in [0.2, 0.25) is 0 Å². The van der Waals surface area contributed by atoms with Crippen LogP contribution in [-0.4, -0.2) is 19.7 Å². The van der Waals surface area contributed by atoms with Crippen LogP contribution in [0.15, 0.2) is 48.8 Å². The molecule has 0 saturated heterocycles. The Labute approximate surface area is 108 Å². The van der Waals surface area contributed by atoms with Crippen molar-refractivity contribution >= 4 is 16.7 Å². The molecular weight excluding hydrogens is 244 g/mol. The molecule has 0 aliphatic carbocycles. The predicted octanol–water partition coefficient (Wildman–Crippen LogP) is 2.39. The lowest BCUT2D eigenvalue weighted by Crippen LogP contribution is -2.01. The summed E-state index contributed by atoms with van der Waals surface area (Å²) in [5.74, 6) is 0. The number of fused-ring (bicyclic) bond motifs is 1.